The highest BCUT2D eigenvalue weighted by atomic mass is 16.1. The molecule has 1 aromatic rings. The Labute approximate surface area is 126 Å². The molecule has 116 valence electrons. The maximum atomic E-state index is 12.4. The molecule has 0 saturated heterocycles. The maximum Gasteiger partial charge on any atom is 0.251 e. The van der Waals surface area contributed by atoms with Crippen LogP contribution in [0.5, 0.6) is 0 Å². The standard InChI is InChI=1S/C16H26N4O/c1-2-13-10-12(11-15(18-13)20-17)16(21)19-14-8-6-4-3-5-7-9-14/h10-11,14H,2-9,17H2,1H3,(H,18,20)(H,19,21). The summed E-state index contributed by atoms with van der Waals surface area (Å²) in [5, 5.41) is 3.17. The predicted octanol–water partition coefficient (Wildman–Crippen LogP) is 2.77. The second-order valence-electron chi connectivity index (χ2n) is 5.75. The molecule has 1 saturated carbocycles. The van der Waals surface area contributed by atoms with Crippen molar-refractivity contribution < 1.29 is 4.79 Å². The maximum absolute atomic E-state index is 12.4. The Bertz CT molecular complexity index is 445. The number of anilines is 1. The number of nitrogens with one attached hydrogen (secondary N) is 2. The Morgan fingerprint density at radius 3 is 2.52 bits per heavy atom. The van der Waals surface area contributed by atoms with Crippen molar-refractivity contribution in [3.05, 3.63) is 23.4 Å². The van der Waals surface area contributed by atoms with Crippen LogP contribution < -0.4 is 16.6 Å². The molecule has 2 rings (SSSR count). The summed E-state index contributed by atoms with van der Waals surface area (Å²) in [6.07, 6.45) is 9.24. The van der Waals surface area contributed by atoms with Crippen LogP contribution in [0.25, 0.3) is 0 Å². The number of aryl methyl sites for hydroxylation is 1. The quantitative estimate of drug-likeness (QED) is 0.588. The van der Waals surface area contributed by atoms with Gasteiger partial charge in [0.1, 0.15) is 5.82 Å². The van der Waals surface area contributed by atoms with Crippen molar-refractivity contribution in [1.29, 1.82) is 0 Å². The Morgan fingerprint density at radius 1 is 1.24 bits per heavy atom. The number of hydrogen-bond acceptors (Lipinski definition) is 4. The van der Waals surface area contributed by atoms with Crippen molar-refractivity contribution >= 4 is 11.7 Å². The third-order valence-electron chi connectivity index (χ3n) is 4.09. The van der Waals surface area contributed by atoms with Crippen LogP contribution in [-0.2, 0) is 6.42 Å². The molecule has 5 heteroatoms. The topological polar surface area (TPSA) is 80.0 Å². The fraction of sp³-hybridized carbons (Fsp3) is 0.625. The second kappa shape index (κ2) is 7.98. The van der Waals surface area contributed by atoms with Crippen molar-refractivity contribution in [3.8, 4) is 0 Å². The van der Waals surface area contributed by atoms with E-state index in [1.54, 1.807) is 6.07 Å². The summed E-state index contributed by atoms with van der Waals surface area (Å²) in [7, 11) is 0. The molecule has 0 aliphatic heterocycles. The van der Waals surface area contributed by atoms with E-state index >= 15 is 0 Å². The van der Waals surface area contributed by atoms with Crippen LogP contribution in [0.1, 0.15) is 67.9 Å². The number of nitrogens with two attached hydrogens (primary N) is 1. The fourth-order valence-corrected chi connectivity index (χ4v) is 2.84. The molecule has 0 spiro atoms. The molecular formula is C16H26N4O. The van der Waals surface area contributed by atoms with Crippen molar-refractivity contribution in [2.24, 2.45) is 5.84 Å². The summed E-state index contributed by atoms with van der Waals surface area (Å²) in [5.74, 6) is 5.94. The highest BCUT2D eigenvalue weighted by Gasteiger charge is 2.16. The third kappa shape index (κ3) is 4.70. The molecule has 4 N–H and O–H groups in total. The average Bonchev–Trinajstić information content (AvgIpc) is 2.49. The minimum Gasteiger partial charge on any atom is -0.349 e. The summed E-state index contributed by atoms with van der Waals surface area (Å²) < 4.78 is 0. The molecule has 1 aliphatic carbocycles. The van der Waals surface area contributed by atoms with E-state index in [-0.39, 0.29) is 5.91 Å². The van der Waals surface area contributed by atoms with E-state index < -0.39 is 0 Å². The van der Waals surface area contributed by atoms with Crippen LogP contribution >= 0.6 is 0 Å². The first kappa shape index (κ1) is 15.8. The first-order valence-electron chi connectivity index (χ1n) is 8.01. The van der Waals surface area contributed by atoms with Gasteiger partial charge >= 0.3 is 0 Å². The van der Waals surface area contributed by atoms with Crippen molar-refractivity contribution in [3.63, 3.8) is 0 Å². The molecule has 0 unspecified atom stereocenters. The van der Waals surface area contributed by atoms with Gasteiger partial charge in [-0.2, -0.15) is 0 Å². The molecule has 1 amide bonds. The highest BCUT2D eigenvalue weighted by Crippen LogP contribution is 2.18. The lowest BCUT2D eigenvalue weighted by atomic mass is 9.96. The van der Waals surface area contributed by atoms with Crippen LogP contribution in [-0.4, -0.2) is 16.9 Å². The second-order valence-corrected chi connectivity index (χ2v) is 5.75. The van der Waals surface area contributed by atoms with Crippen LogP contribution in [0.3, 0.4) is 0 Å². The minimum atomic E-state index is -0.0193. The zero-order chi connectivity index (χ0) is 15.1. The monoisotopic (exact) mass is 290 g/mol. The van der Waals surface area contributed by atoms with E-state index in [4.69, 9.17) is 5.84 Å². The van der Waals surface area contributed by atoms with Gasteiger partial charge in [0.05, 0.1) is 0 Å². The molecule has 0 radical (unpaired) electrons. The van der Waals surface area contributed by atoms with E-state index in [1.165, 1.54) is 32.1 Å². The number of aromatic nitrogens is 1. The van der Waals surface area contributed by atoms with E-state index in [2.05, 4.69) is 15.7 Å². The zero-order valence-electron chi connectivity index (χ0n) is 12.8. The van der Waals surface area contributed by atoms with Gasteiger partial charge in [-0.05, 0) is 31.4 Å². The van der Waals surface area contributed by atoms with Crippen molar-refractivity contribution in [2.75, 3.05) is 5.43 Å². The largest absolute Gasteiger partial charge is 0.349 e. The third-order valence-corrected chi connectivity index (χ3v) is 4.09. The number of pyridine rings is 1. The number of nitrogen functional groups attached to an aromatic ring is 1. The van der Waals surface area contributed by atoms with Gasteiger partial charge in [-0.3, -0.25) is 4.79 Å². The van der Waals surface area contributed by atoms with E-state index in [9.17, 15) is 4.79 Å². The Balaban J connectivity index is 2.04. The van der Waals surface area contributed by atoms with E-state index in [0.29, 0.717) is 17.4 Å². The first-order valence-corrected chi connectivity index (χ1v) is 8.01. The lowest BCUT2D eigenvalue weighted by Gasteiger charge is -2.21. The van der Waals surface area contributed by atoms with Crippen molar-refractivity contribution in [2.45, 2.75) is 64.3 Å². The zero-order valence-corrected chi connectivity index (χ0v) is 12.8. The highest BCUT2D eigenvalue weighted by molar-refractivity contribution is 5.95. The van der Waals surface area contributed by atoms with Gasteiger partial charge in [-0.25, -0.2) is 10.8 Å². The Kier molecular flexibility index (Phi) is 5.99. The van der Waals surface area contributed by atoms with Gasteiger partial charge < -0.3 is 10.7 Å². The normalized spacial score (nSPS) is 16.9. The molecule has 1 aliphatic rings. The average molecular weight is 290 g/mol. The number of carbonyl (C=O) groups excluding carboxylic acids is 1. The number of carbonyl (C=O) groups is 1. The van der Waals surface area contributed by atoms with Gasteiger partial charge in [0.2, 0.25) is 0 Å². The fourth-order valence-electron chi connectivity index (χ4n) is 2.84. The van der Waals surface area contributed by atoms with E-state index in [0.717, 1.165) is 25.0 Å². The molecule has 5 nitrogen and oxygen atoms in total. The molecule has 1 heterocycles. The number of hydrogen-bond donors (Lipinski definition) is 3. The molecule has 1 aromatic heterocycles. The lowest BCUT2D eigenvalue weighted by Crippen LogP contribution is -2.35. The SMILES string of the molecule is CCc1cc(C(=O)NC2CCCCCCC2)cc(NN)n1. The molecule has 0 atom stereocenters. The minimum absolute atomic E-state index is 0.0193. The molecular weight excluding hydrogens is 264 g/mol. The lowest BCUT2D eigenvalue weighted by molar-refractivity contribution is 0.0930. The van der Waals surface area contributed by atoms with Crippen LogP contribution in [0.2, 0.25) is 0 Å². The summed E-state index contributed by atoms with van der Waals surface area (Å²) in [6.45, 7) is 2.01. The van der Waals surface area contributed by atoms with Gasteiger partial charge in [0, 0.05) is 17.3 Å². The summed E-state index contributed by atoms with van der Waals surface area (Å²) in [6, 6.07) is 3.85. The number of rotatable bonds is 4. The molecule has 0 aromatic carbocycles. The van der Waals surface area contributed by atoms with Gasteiger partial charge in [0.25, 0.3) is 5.91 Å². The van der Waals surface area contributed by atoms with E-state index in [1.807, 2.05) is 13.0 Å². The van der Waals surface area contributed by atoms with Gasteiger partial charge in [-0.15, -0.1) is 0 Å². The van der Waals surface area contributed by atoms with Gasteiger partial charge in [0.15, 0.2) is 0 Å². The number of hydrazine groups is 1. The first-order chi connectivity index (χ1) is 10.2. The smallest absolute Gasteiger partial charge is 0.251 e. The Hall–Kier alpha value is -1.62. The summed E-state index contributed by atoms with van der Waals surface area (Å²) >= 11 is 0. The molecule has 0 bridgehead atoms. The van der Waals surface area contributed by atoms with Crippen molar-refractivity contribution in [1.82, 2.24) is 10.3 Å². The van der Waals surface area contributed by atoms with Crippen LogP contribution in [0.15, 0.2) is 12.1 Å². The van der Waals surface area contributed by atoms with Gasteiger partial charge in [-0.1, -0.05) is 39.0 Å². The molecule has 1 fully saturated rings. The summed E-state index contributed by atoms with van der Waals surface area (Å²) in [5.41, 5.74) is 4.03. The molecule has 21 heavy (non-hydrogen) atoms. The van der Waals surface area contributed by atoms with Crippen LogP contribution in [0.4, 0.5) is 5.82 Å². The predicted molar refractivity (Wildman–Crippen MR) is 85.0 cm³/mol. The number of amides is 1. The van der Waals surface area contributed by atoms with Crippen LogP contribution in [0, 0.1) is 0 Å². The Morgan fingerprint density at radius 2 is 1.90 bits per heavy atom. The number of nitrogens with zero attached hydrogens (tertiary/aromatic N) is 1. The summed E-state index contributed by atoms with van der Waals surface area (Å²) in [4.78, 5) is 16.8.